The van der Waals surface area contributed by atoms with Crippen molar-refractivity contribution >= 4 is 5.91 Å². The van der Waals surface area contributed by atoms with Crippen LogP contribution in [-0.4, -0.2) is 59.7 Å². The molecule has 2 aliphatic rings. The summed E-state index contributed by atoms with van der Waals surface area (Å²) in [7, 11) is 3.26. The average molecular weight is 400 g/mol. The number of carbonyl (C=O) groups excluding carboxylic acids is 1. The lowest BCUT2D eigenvalue weighted by Crippen LogP contribution is -2.49. The Kier molecular flexibility index (Phi) is 5.45. The van der Waals surface area contributed by atoms with Gasteiger partial charge in [0.05, 0.1) is 26.2 Å². The first-order valence-electron chi connectivity index (χ1n) is 10.1. The normalized spacial score (nSPS) is 22.4. The molecule has 8 heteroatoms. The van der Waals surface area contributed by atoms with Crippen LogP contribution in [0.3, 0.4) is 0 Å². The maximum Gasteiger partial charge on any atom is 0.230 e. The van der Waals surface area contributed by atoms with Gasteiger partial charge in [0.25, 0.3) is 0 Å². The Labute approximate surface area is 170 Å². The second-order valence-corrected chi connectivity index (χ2v) is 7.95. The van der Waals surface area contributed by atoms with Crippen LogP contribution < -0.4 is 9.47 Å². The molecule has 3 heterocycles. The number of para-hydroxylation sites is 1. The smallest absolute Gasteiger partial charge is 0.230 e. The van der Waals surface area contributed by atoms with E-state index >= 15 is 0 Å². The van der Waals surface area contributed by atoms with Crippen molar-refractivity contribution in [3.8, 4) is 11.5 Å². The van der Waals surface area contributed by atoms with Gasteiger partial charge in [-0.2, -0.15) is 4.98 Å². The number of benzene rings is 1. The molecule has 1 aromatic heterocycles. The van der Waals surface area contributed by atoms with Crippen molar-refractivity contribution in [3.05, 3.63) is 35.5 Å². The van der Waals surface area contributed by atoms with E-state index in [2.05, 4.69) is 15.0 Å². The SMILES string of the molecule is COc1cccc(CN2CCC[C@]3(CCN(Cc4noc(C)n4)C3)C2=O)c1OC. The average Bonchev–Trinajstić information content (AvgIpc) is 3.32. The summed E-state index contributed by atoms with van der Waals surface area (Å²) in [5.74, 6) is 2.87. The standard InChI is InChI=1S/C21H28N4O4/c1-15-22-18(23-29-15)13-24-11-9-21(14-24)8-5-10-25(20(21)26)12-16-6-4-7-17(27-2)19(16)28-3/h4,6-7H,5,8-14H2,1-3H3/t21-/m1/s1. The van der Waals surface area contributed by atoms with Crippen LogP contribution in [0.25, 0.3) is 0 Å². The van der Waals surface area contributed by atoms with Gasteiger partial charge in [0, 0.05) is 32.1 Å². The highest BCUT2D eigenvalue weighted by Crippen LogP contribution is 2.41. The summed E-state index contributed by atoms with van der Waals surface area (Å²) in [5.41, 5.74) is 0.651. The Bertz CT molecular complexity index is 883. The fourth-order valence-corrected chi connectivity index (χ4v) is 4.66. The topological polar surface area (TPSA) is 80.9 Å². The highest BCUT2D eigenvalue weighted by molar-refractivity contribution is 5.84. The second kappa shape index (κ2) is 8.02. The summed E-state index contributed by atoms with van der Waals surface area (Å²) < 4.78 is 16.0. The number of aryl methyl sites for hydroxylation is 1. The number of piperidine rings is 1. The second-order valence-electron chi connectivity index (χ2n) is 7.95. The van der Waals surface area contributed by atoms with Gasteiger partial charge in [-0.25, -0.2) is 0 Å². The maximum atomic E-state index is 13.5. The van der Waals surface area contributed by atoms with E-state index in [1.807, 2.05) is 23.1 Å². The summed E-state index contributed by atoms with van der Waals surface area (Å²) in [6.45, 7) is 5.32. The number of hydrogen-bond acceptors (Lipinski definition) is 7. The van der Waals surface area contributed by atoms with Crippen LogP contribution in [-0.2, 0) is 17.9 Å². The van der Waals surface area contributed by atoms with Gasteiger partial charge < -0.3 is 18.9 Å². The first-order valence-corrected chi connectivity index (χ1v) is 10.1. The van der Waals surface area contributed by atoms with Crippen LogP contribution in [0.4, 0.5) is 0 Å². The number of methoxy groups -OCH3 is 2. The lowest BCUT2D eigenvalue weighted by molar-refractivity contribution is -0.146. The van der Waals surface area contributed by atoms with E-state index in [1.165, 1.54) is 0 Å². The Morgan fingerprint density at radius 2 is 2.03 bits per heavy atom. The van der Waals surface area contributed by atoms with Gasteiger partial charge in [-0.15, -0.1) is 0 Å². The minimum Gasteiger partial charge on any atom is -0.493 e. The Balaban J connectivity index is 1.47. The molecule has 0 N–H and O–H groups in total. The van der Waals surface area contributed by atoms with Gasteiger partial charge in [-0.3, -0.25) is 9.69 Å². The maximum absolute atomic E-state index is 13.5. The van der Waals surface area contributed by atoms with Crippen LogP contribution in [0.15, 0.2) is 22.7 Å². The van der Waals surface area contributed by atoms with Crippen molar-refractivity contribution in [2.24, 2.45) is 5.41 Å². The number of ether oxygens (including phenoxy) is 2. The molecule has 2 fully saturated rings. The molecule has 2 aromatic rings. The zero-order valence-electron chi connectivity index (χ0n) is 17.3. The summed E-state index contributed by atoms with van der Waals surface area (Å²) in [6, 6.07) is 5.80. The van der Waals surface area contributed by atoms with Crippen molar-refractivity contribution < 1.29 is 18.8 Å². The van der Waals surface area contributed by atoms with E-state index in [9.17, 15) is 4.79 Å². The summed E-state index contributed by atoms with van der Waals surface area (Å²) in [5, 5.41) is 3.99. The quantitative estimate of drug-likeness (QED) is 0.736. The molecule has 1 spiro atoms. The van der Waals surface area contributed by atoms with Crippen molar-refractivity contribution in [1.82, 2.24) is 19.9 Å². The third-order valence-electron chi connectivity index (χ3n) is 6.04. The molecular weight excluding hydrogens is 372 g/mol. The van der Waals surface area contributed by atoms with Crippen molar-refractivity contribution in [3.63, 3.8) is 0 Å². The molecule has 2 aliphatic heterocycles. The molecule has 2 saturated heterocycles. The van der Waals surface area contributed by atoms with Crippen LogP contribution in [0.5, 0.6) is 11.5 Å². The van der Waals surface area contributed by atoms with Crippen molar-refractivity contribution in [2.45, 2.75) is 39.3 Å². The Morgan fingerprint density at radius 3 is 2.76 bits per heavy atom. The van der Waals surface area contributed by atoms with Gasteiger partial charge in [0.2, 0.25) is 11.8 Å². The molecule has 4 rings (SSSR count). The minimum absolute atomic E-state index is 0.236. The molecule has 1 amide bonds. The molecule has 29 heavy (non-hydrogen) atoms. The Hall–Kier alpha value is -2.61. The van der Waals surface area contributed by atoms with E-state index in [0.29, 0.717) is 36.3 Å². The number of aromatic nitrogens is 2. The zero-order chi connectivity index (χ0) is 20.4. The highest BCUT2D eigenvalue weighted by atomic mass is 16.5. The van der Waals surface area contributed by atoms with E-state index < -0.39 is 0 Å². The number of likely N-dealkylation sites (tertiary alicyclic amines) is 2. The van der Waals surface area contributed by atoms with Gasteiger partial charge in [-0.1, -0.05) is 17.3 Å². The number of hydrogen-bond donors (Lipinski definition) is 0. The molecule has 0 unspecified atom stereocenters. The number of nitrogens with zero attached hydrogens (tertiary/aromatic N) is 4. The predicted molar refractivity (Wildman–Crippen MR) is 106 cm³/mol. The molecule has 0 bridgehead atoms. The third-order valence-corrected chi connectivity index (χ3v) is 6.04. The number of amides is 1. The van der Waals surface area contributed by atoms with E-state index in [-0.39, 0.29) is 11.3 Å². The van der Waals surface area contributed by atoms with E-state index in [0.717, 1.165) is 44.5 Å². The first kappa shape index (κ1) is 19.7. The van der Waals surface area contributed by atoms with Gasteiger partial charge in [0.15, 0.2) is 17.3 Å². The molecule has 8 nitrogen and oxygen atoms in total. The van der Waals surface area contributed by atoms with Gasteiger partial charge in [0.1, 0.15) is 0 Å². The van der Waals surface area contributed by atoms with Crippen molar-refractivity contribution in [2.75, 3.05) is 33.9 Å². The monoisotopic (exact) mass is 400 g/mol. The van der Waals surface area contributed by atoms with Crippen LogP contribution in [0.1, 0.15) is 36.5 Å². The summed E-state index contributed by atoms with van der Waals surface area (Å²) in [4.78, 5) is 22.0. The van der Waals surface area contributed by atoms with E-state index in [4.69, 9.17) is 14.0 Å². The molecule has 0 radical (unpaired) electrons. The molecule has 1 atom stereocenters. The fourth-order valence-electron chi connectivity index (χ4n) is 4.66. The van der Waals surface area contributed by atoms with Gasteiger partial charge >= 0.3 is 0 Å². The summed E-state index contributed by atoms with van der Waals surface area (Å²) >= 11 is 0. The minimum atomic E-state index is -0.316. The molecule has 1 aromatic carbocycles. The van der Waals surface area contributed by atoms with E-state index in [1.54, 1.807) is 21.1 Å². The number of carbonyl (C=O) groups is 1. The first-order chi connectivity index (χ1) is 14.0. The zero-order valence-corrected chi connectivity index (χ0v) is 17.3. The predicted octanol–water partition coefficient (Wildman–Crippen LogP) is 2.41. The van der Waals surface area contributed by atoms with Gasteiger partial charge in [-0.05, 0) is 31.9 Å². The van der Waals surface area contributed by atoms with Crippen molar-refractivity contribution in [1.29, 1.82) is 0 Å². The van der Waals surface area contributed by atoms with Crippen LogP contribution >= 0.6 is 0 Å². The lowest BCUT2D eigenvalue weighted by atomic mass is 9.78. The highest BCUT2D eigenvalue weighted by Gasteiger charge is 2.48. The number of rotatable bonds is 6. The third kappa shape index (κ3) is 3.81. The van der Waals surface area contributed by atoms with Crippen LogP contribution in [0.2, 0.25) is 0 Å². The molecule has 156 valence electrons. The molecule has 0 aliphatic carbocycles. The molecule has 0 saturated carbocycles. The summed E-state index contributed by atoms with van der Waals surface area (Å²) in [6.07, 6.45) is 2.81. The largest absolute Gasteiger partial charge is 0.493 e. The lowest BCUT2D eigenvalue weighted by Gasteiger charge is -2.39. The van der Waals surface area contributed by atoms with Crippen LogP contribution in [0, 0.1) is 12.3 Å². The Morgan fingerprint density at radius 1 is 1.17 bits per heavy atom. The fraction of sp³-hybridized carbons (Fsp3) is 0.571. The molecular formula is C21H28N4O4.